The molecule has 7 nitrogen and oxygen atoms in total. The van der Waals surface area contributed by atoms with E-state index in [4.69, 9.17) is 5.73 Å². The molecule has 1 aliphatic heterocycles. The van der Waals surface area contributed by atoms with Crippen molar-refractivity contribution in [1.82, 2.24) is 4.31 Å². The number of nitro groups is 1. The maximum absolute atomic E-state index is 12.4. The minimum Gasteiger partial charge on any atom is -0.393 e. The van der Waals surface area contributed by atoms with E-state index in [0.29, 0.717) is 19.0 Å². The highest BCUT2D eigenvalue weighted by Crippen LogP contribution is 2.29. The molecular weight excluding hydrogens is 282 g/mol. The number of nitrogens with two attached hydrogens (primary N) is 1. The summed E-state index contributed by atoms with van der Waals surface area (Å²) in [6.45, 7) is 3.01. The zero-order chi connectivity index (χ0) is 14.9. The molecule has 1 saturated heterocycles. The second-order valence-corrected chi connectivity index (χ2v) is 6.84. The van der Waals surface area contributed by atoms with Gasteiger partial charge >= 0.3 is 0 Å². The van der Waals surface area contributed by atoms with Gasteiger partial charge in [0.2, 0.25) is 10.0 Å². The molecule has 1 aromatic carbocycles. The van der Waals surface area contributed by atoms with Crippen LogP contribution in [0.2, 0.25) is 0 Å². The minimum atomic E-state index is -3.62. The van der Waals surface area contributed by atoms with Gasteiger partial charge in [0.1, 0.15) is 5.69 Å². The Bertz CT molecular complexity index is 630. The third-order valence-electron chi connectivity index (χ3n) is 3.66. The smallest absolute Gasteiger partial charge is 0.292 e. The molecular formula is C12H17N3O4S. The van der Waals surface area contributed by atoms with Crippen LogP contribution in [0.5, 0.6) is 0 Å². The van der Waals surface area contributed by atoms with Crippen molar-refractivity contribution in [2.75, 3.05) is 18.8 Å². The van der Waals surface area contributed by atoms with Gasteiger partial charge in [-0.3, -0.25) is 10.1 Å². The lowest BCUT2D eigenvalue weighted by molar-refractivity contribution is -0.383. The summed E-state index contributed by atoms with van der Waals surface area (Å²) in [6.07, 6.45) is 1.78. The van der Waals surface area contributed by atoms with Crippen molar-refractivity contribution >= 4 is 21.4 Å². The Balaban J connectivity index is 2.31. The van der Waals surface area contributed by atoms with Crippen molar-refractivity contribution in [3.63, 3.8) is 0 Å². The van der Waals surface area contributed by atoms with Crippen molar-refractivity contribution < 1.29 is 13.3 Å². The summed E-state index contributed by atoms with van der Waals surface area (Å²) in [5.41, 5.74) is 5.13. The summed E-state index contributed by atoms with van der Waals surface area (Å²) in [6, 6.07) is 3.53. The van der Waals surface area contributed by atoms with E-state index in [-0.39, 0.29) is 16.3 Å². The Morgan fingerprint density at radius 1 is 1.50 bits per heavy atom. The van der Waals surface area contributed by atoms with Gasteiger partial charge in [0.25, 0.3) is 5.69 Å². The largest absolute Gasteiger partial charge is 0.393 e. The molecule has 0 saturated carbocycles. The van der Waals surface area contributed by atoms with E-state index in [1.807, 2.05) is 6.92 Å². The molecule has 1 fully saturated rings. The quantitative estimate of drug-likeness (QED) is 0.516. The SMILES string of the molecule is CCC1CCN(S(=O)(=O)c2ccc([N+](=O)[O-])c(N)c2)C1. The fourth-order valence-electron chi connectivity index (χ4n) is 2.36. The molecule has 20 heavy (non-hydrogen) atoms. The van der Waals surface area contributed by atoms with Crippen LogP contribution in [0.4, 0.5) is 11.4 Å². The first-order valence-corrected chi connectivity index (χ1v) is 7.84. The average Bonchev–Trinajstić information content (AvgIpc) is 2.87. The molecule has 8 heteroatoms. The zero-order valence-electron chi connectivity index (χ0n) is 11.2. The highest BCUT2D eigenvalue weighted by molar-refractivity contribution is 7.89. The average molecular weight is 299 g/mol. The van der Waals surface area contributed by atoms with E-state index >= 15 is 0 Å². The third-order valence-corrected chi connectivity index (χ3v) is 5.52. The first-order valence-electron chi connectivity index (χ1n) is 6.40. The molecule has 1 unspecified atom stereocenters. The second kappa shape index (κ2) is 5.37. The summed E-state index contributed by atoms with van der Waals surface area (Å²) in [5.74, 6) is 0.375. The molecule has 1 aromatic rings. The Kier molecular flexibility index (Phi) is 3.96. The van der Waals surface area contributed by atoms with Gasteiger partial charge < -0.3 is 5.73 Å². The van der Waals surface area contributed by atoms with Gasteiger partial charge in [-0.25, -0.2) is 8.42 Å². The van der Waals surface area contributed by atoms with E-state index in [1.165, 1.54) is 10.4 Å². The zero-order valence-corrected chi connectivity index (χ0v) is 12.0. The molecule has 0 spiro atoms. The Morgan fingerprint density at radius 3 is 2.70 bits per heavy atom. The standard InChI is InChI=1S/C12H17N3O4S/c1-2-9-5-6-14(8-9)20(18,19)10-3-4-12(15(16)17)11(13)7-10/h3-4,7,9H,2,5-6,8,13H2,1H3. The number of nitrogens with zero attached hydrogens (tertiary/aromatic N) is 2. The van der Waals surface area contributed by atoms with Crippen LogP contribution in [0.3, 0.4) is 0 Å². The van der Waals surface area contributed by atoms with Crippen LogP contribution in [-0.2, 0) is 10.0 Å². The highest BCUT2D eigenvalue weighted by Gasteiger charge is 2.32. The lowest BCUT2D eigenvalue weighted by Crippen LogP contribution is -2.29. The number of rotatable bonds is 4. The predicted octanol–water partition coefficient (Wildman–Crippen LogP) is 1.60. The summed E-state index contributed by atoms with van der Waals surface area (Å²) in [5, 5.41) is 10.7. The molecule has 0 aromatic heterocycles. The summed E-state index contributed by atoms with van der Waals surface area (Å²) >= 11 is 0. The highest BCUT2D eigenvalue weighted by atomic mass is 32.2. The Hall–Kier alpha value is -1.67. The molecule has 2 rings (SSSR count). The van der Waals surface area contributed by atoms with Crippen LogP contribution in [0.1, 0.15) is 19.8 Å². The fourth-order valence-corrected chi connectivity index (χ4v) is 3.92. The molecule has 0 radical (unpaired) electrons. The maximum atomic E-state index is 12.4. The van der Waals surface area contributed by atoms with Gasteiger partial charge in [0.15, 0.2) is 0 Å². The van der Waals surface area contributed by atoms with E-state index in [0.717, 1.165) is 25.0 Å². The molecule has 1 heterocycles. The Labute approximate surface area is 117 Å². The normalized spacial score (nSPS) is 20.1. The lowest BCUT2D eigenvalue weighted by Gasteiger charge is -2.16. The van der Waals surface area contributed by atoms with E-state index in [9.17, 15) is 18.5 Å². The van der Waals surface area contributed by atoms with Crippen molar-refractivity contribution in [1.29, 1.82) is 0 Å². The van der Waals surface area contributed by atoms with Crippen LogP contribution >= 0.6 is 0 Å². The number of nitrogen functional groups attached to an aromatic ring is 1. The summed E-state index contributed by atoms with van der Waals surface area (Å²) < 4.78 is 26.3. The molecule has 2 N–H and O–H groups in total. The van der Waals surface area contributed by atoms with Crippen LogP contribution in [-0.4, -0.2) is 30.7 Å². The van der Waals surface area contributed by atoms with Gasteiger partial charge in [0, 0.05) is 19.2 Å². The Morgan fingerprint density at radius 2 is 2.20 bits per heavy atom. The predicted molar refractivity (Wildman–Crippen MR) is 74.7 cm³/mol. The summed E-state index contributed by atoms with van der Waals surface area (Å²) in [7, 11) is -3.62. The number of nitro benzene ring substituents is 1. The first kappa shape index (κ1) is 14.7. The topological polar surface area (TPSA) is 107 Å². The maximum Gasteiger partial charge on any atom is 0.292 e. The van der Waals surface area contributed by atoms with Crippen molar-refractivity contribution in [2.24, 2.45) is 5.92 Å². The number of hydrogen-bond acceptors (Lipinski definition) is 5. The van der Waals surface area contributed by atoms with Crippen LogP contribution in [0, 0.1) is 16.0 Å². The van der Waals surface area contributed by atoms with Gasteiger partial charge in [-0.2, -0.15) is 4.31 Å². The third kappa shape index (κ3) is 2.61. The second-order valence-electron chi connectivity index (χ2n) is 4.90. The number of hydrogen-bond donors (Lipinski definition) is 1. The van der Waals surface area contributed by atoms with Gasteiger partial charge in [-0.15, -0.1) is 0 Å². The molecule has 0 amide bonds. The van der Waals surface area contributed by atoms with Gasteiger partial charge in [0.05, 0.1) is 9.82 Å². The minimum absolute atomic E-state index is 0.0114. The van der Waals surface area contributed by atoms with Crippen LogP contribution in [0.15, 0.2) is 23.1 Å². The van der Waals surface area contributed by atoms with Crippen molar-refractivity contribution in [3.05, 3.63) is 28.3 Å². The van der Waals surface area contributed by atoms with Crippen molar-refractivity contribution in [3.8, 4) is 0 Å². The van der Waals surface area contributed by atoms with Gasteiger partial charge in [-0.1, -0.05) is 13.3 Å². The first-order chi connectivity index (χ1) is 9.36. The lowest BCUT2D eigenvalue weighted by atomic mass is 10.1. The molecule has 0 bridgehead atoms. The van der Waals surface area contributed by atoms with Gasteiger partial charge in [-0.05, 0) is 24.5 Å². The van der Waals surface area contributed by atoms with Crippen LogP contribution < -0.4 is 5.73 Å². The molecule has 110 valence electrons. The number of anilines is 1. The van der Waals surface area contributed by atoms with Crippen LogP contribution in [0.25, 0.3) is 0 Å². The monoisotopic (exact) mass is 299 g/mol. The molecule has 0 aliphatic carbocycles. The van der Waals surface area contributed by atoms with E-state index in [2.05, 4.69) is 0 Å². The summed E-state index contributed by atoms with van der Waals surface area (Å²) in [4.78, 5) is 10.1. The molecule has 1 aliphatic rings. The fraction of sp³-hybridized carbons (Fsp3) is 0.500. The number of sulfonamides is 1. The molecule has 1 atom stereocenters. The van der Waals surface area contributed by atoms with E-state index in [1.54, 1.807) is 0 Å². The van der Waals surface area contributed by atoms with E-state index < -0.39 is 14.9 Å². The van der Waals surface area contributed by atoms with Crippen molar-refractivity contribution in [2.45, 2.75) is 24.7 Å². The number of benzene rings is 1.